The van der Waals surface area contributed by atoms with E-state index in [2.05, 4.69) is 6.92 Å². The molecule has 0 aliphatic rings. The molecule has 1 rings (SSSR count). The zero-order valence-electron chi connectivity index (χ0n) is 7.55. The normalized spacial score (nSPS) is 9.92. The van der Waals surface area contributed by atoms with E-state index in [0.717, 1.165) is 11.1 Å². The maximum absolute atomic E-state index is 11.3. The van der Waals surface area contributed by atoms with E-state index in [1.165, 1.54) is 5.56 Å². The van der Waals surface area contributed by atoms with E-state index in [1.807, 2.05) is 32.0 Å². The molecule has 1 nitrogen and oxygen atoms in total. The number of rotatable bonds is 2. The number of carbonyl (C=O) groups is 1. The molecule has 0 N–H and O–H groups in total. The van der Waals surface area contributed by atoms with E-state index in [0.29, 0.717) is 6.42 Å². The Kier molecular flexibility index (Phi) is 2.64. The fraction of sp³-hybridized carbons (Fsp3) is 0.273. The summed E-state index contributed by atoms with van der Waals surface area (Å²) >= 11 is 0. The predicted octanol–water partition coefficient (Wildman–Crippen LogP) is 2.71. The maximum atomic E-state index is 11.3. The van der Waals surface area contributed by atoms with Crippen molar-refractivity contribution in [2.24, 2.45) is 0 Å². The number of hydrogen-bond acceptors (Lipinski definition) is 1. The van der Waals surface area contributed by atoms with E-state index in [-0.39, 0.29) is 5.78 Å². The molecular weight excluding hydrogens is 148 g/mol. The van der Waals surface area contributed by atoms with Crippen LogP contribution in [0.3, 0.4) is 0 Å². The second kappa shape index (κ2) is 3.53. The van der Waals surface area contributed by atoms with Crippen LogP contribution in [0.5, 0.6) is 0 Å². The lowest BCUT2D eigenvalue weighted by atomic mass is 10.0. The molecule has 0 unspecified atom stereocenters. The lowest BCUT2D eigenvalue weighted by molar-refractivity contribution is 0.0994. The van der Waals surface area contributed by atoms with Gasteiger partial charge in [-0.05, 0) is 26.3 Å². The van der Waals surface area contributed by atoms with Gasteiger partial charge in [-0.25, -0.2) is 0 Å². The molecule has 12 heavy (non-hydrogen) atoms. The van der Waals surface area contributed by atoms with Crippen LogP contribution in [0.15, 0.2) is 18.2 Å². The molecule has 1 radical (unpaired) electrons. The fourth-order valence-corrected chi connectivity index (χ4v) is 1.26. The van der Waals surface area contributed by atoms with E-state index in [9.17, 15) is 4.79 Å². The van der Waals surface area contributed by atoms with Gasteiger partial charge in [0.1, 0.15) is 0 Å². The number of carbonyl (C=O) groups excluding carboxylic acids is 1. The van der Waals surface area contributed by atoms with E-state index >= 15 is 0 Å². The summed E-state index contributed by atoms with van der Waals surface area (Å²) in [5, 5.41) is 0. The van der Waals surface area contributed by atoms with Crippen molar-refractivity contribution in [2.75, 3.05) is 0 Å². The summed E-state index contributed by atoms with van der Waals surface area (Å²) in [6.07, 6.45) is 0.337. The summed E-state index contributed by atoms with van der Waals surface area (Å²) < 4.78 is 0. The van der Waals surface area contributed by atoms with Crippen molar-refractivity contribution < 1.29 is 4.79 Å². The van der Waals surface area contributed by atoms with Gasteiger partial charge in [-0.2, -0.15) is 0 Å². The van der Waals surface area contributed by atoms with Crippen LogP contribution in [0.2, 0.25) is 0 Å². The molecule has 1 aromatic rings. The predicted molar refractivity (Wildman–Crippen MR) is 50.2 cm³/mol. The second-order valence-electron chi connectivity index (χ2n) is 2.99. The van der Waals surface area contributed by atoms with Crippen LogP contribution in [-0.4, -0.2) is 5.78 Å². The molecule has 0 fully saturated rings. The zero-order chi connectivity index (χ0) is 9.14. The van der Waals surface area contributed by atoms with Crippen molar-refractivity contribution in [3.05, 3.63) is 41.8 Å². The number of Topliss-reactive ketones (excluding diaryl/α,β-unsaturated/α-hetero) is 1. The average molecular weight is 161 g/mol. The largest absolute Gasteiger partial charge is 0.294 e. The SMILES string of the molecule is [CH2]CC(=O)c1ccc(C)cc1C. The molecule has 0 aliphatic carbocycles. The lowest BCUT2D eigenvalue weighted by Gasteiger charge is -2.03. The molecule has 0 saturated carbocycles. The first kappa shape index (κ1) is 8.98. The Morgan fingerprint density at radius 2 is 2.08 bits per heavy atom. The quantitative estimate of drug-likeness (QED) is 0.609. The van der Waals surface area contributed by atoms with Crippen LogP contribution >= 0.6 is 0 Å². The minimum Gasteiger partial charge on any atom is -0.294 e. The fourth-order valence-electron chi connectivity index (χ4n) is 1.26. The average Bonchev–Trinajstić information content (AvgIpc) is 2.03. The summed E-state index contributed by atoms with van der Waals surface area (Å²) in [5.41, 5.74) is 3.03. The Labute approximate surface area is 73.4 Å². The molecule has 0 heterocycles. The summed E-state index contributed by atoms with van der Waals surface area (Å²) in [4.78, 5) is 11.3. The number of benzene rings is 1. The van der Waals surface area contributed by atoms with Crippen molar-refractivity contribution in [3.8, 4) is 0 Å². The molecule has 0 bridgehead atoms. The van der Waals surface area contributed by atoms with Gasteiger partial charge in [0.2, 0.25) is 0 Å². The van der Waals surface area contributed by atoms with Gasteiger partial charge in [0.05, 0.1) is 0 Å². The molecule has 0 aromatic heterocycles. The van der Waals surface area contributed by atoms with Crippen molar-refractivity contribution in [2.45, 2.75) is 20.3 Å². The Bertz CT molecular complexity index is 300. The minimum atomic E-state index is 0.118. The van der Waals surface area contributed by atoms with Crippen molar-refractivity contribution in [1.29, 1.82) is 0 Å². The van der Waals surface area contributed by atoms with Crippen LogP contribution < -0.4 is 0 Å². The Morgan fingerprint density at radius 1 is 1.42 bits per heavy atom. The van der Waals surface area contributed by atoms with Crippen LogP contribution in [-0.2, 0) is 0 Å². The highest BCUT2D eigenvalue weighted by Gasteiger charge is 2.05. The molecule has 0 spiro atoms. The first-order chi connectivity index (χ1) is 5.65. The maximum Gasteiger partial charge on any atom is 0.163 e. The standard InChI is InChI=1S/C11H13O/c1-4-11(12)10-6-5-8(2)7-9(10)3/h5-7H,1,4H2,2-3H3. The third-order valence-electron chi connectivity index (χ3n) is 1.91. The van der Waals surface area contributed by atoms with Gasteiger partial charge >= 0.3 is 0 Å². The van der Waals surface area contributed by atoms with Crippen molar-refractivity contribution in [1.82, 2.24) is 0 Å². The number of aryl methyl sites for hydroxylation is 2. The summed E-state index contributed by atoms with van der Waals surface area (Å²) in [6, 6.07) is 5.84. The smallest absolute Gasteiger partial charge is 0.163 e. The van der Waals surface area contributed by atoms with Gasteiger partial charge in [0, 0.05) is 12.0 Å². The Balaban J connectivity index is 3.09. The van der Waals surface area contributed by atoms with Crippen LogP contribution in [0.4, 0.5) is 0 Å². The first-order valence-electron chi connectivity index (χ1n) is 4.05. The van der Waals surface area contributed by atoms with Gasteiger partial charge < -0.3 is 0 Å². The van der Waals surface area contributed by atoms with E-state index < -0.39 is 0 Å². The Hall–Kier alpha value is -1.11. The molecule has 1 heteroatoms. The molecule has 63 valence electrons. The third-order valence-corrected chi connectivity index (χ3v) is 1.91. The summed E-state index contributed by atoms with van der Waals surface area (Å²) in [5.74, 6) is 0.118. The second-order valence-corrected chi connectivity index (χ2v) is 2.99. The van der Waals surface area contributed by atoms with Gasteiger partial charge in [0.25, 0.3) is 0 Å². The van der Waals surface area contributed by atoms with Gasteiger partial charge in [-0.15, -0.1) is 0 Å². The highest BCUT2D eigenvalue weighted by Crippen LogP contribution is 2.12. The zero-order valence-corrected chi connectivity index (χ0v) is 7.55. The summed E-state index contributed by atoms with van der Waals surface area (Å²) in [7, 11) is 0. The van der Waals surface area contributed by atoms with Crippen molar-refractivity contribution in [3.63, 3.8) is 0 Å². The molecule has 0 atom stereocenters. The first-order valence-corrected chi connectivity index (χ1v) is 4.05. The lowest BCUT2D eigenvalue weighted by Crippen LogP contribution is -1.99. The molecule has 1 aromatic carbocycles. The summed E-state index contributed by atoms with van der Waals surface area (Å²) in [6.45, 7) is 7.55. The number of ketones is 1. The van der Waals surface area contributed by atoms with E-state index in [1.54, 1.807) is 0 Å². The molecule has 0 aliphatic heterocycles. The molecular formula is C11H13O. The van der Waals surface area contributed by atoms with Crippen molar-refractivity contribution >= 4 is 5.78 Å². The minimum absolute atomic E-state index is 0.118. The molecule has 0 saturated heterocycles. The highest BCUT2D eigenvalue weighted by atomic mass is 16.1. The van der Waals surface area contributed by atoms with Gasteiger partial charge in [0.15, 0.2) is 5.78 Å². The topological polar surface area (TPSA) is 17.1 Å². The Morgan fingerprint density at radius 3 is 2.58 bits per heavy atom. The molecule has 0 amide bonds. The highest BCUT2D eigenvalue weighted by molar-refractivity contribution is 5.97. The number of hydrogen-bond donors (Lipinski definition) is 0. The third kappa shape index (κ3) is 1.73. The van der Waals surface area contributed by atoms with Crippen LogP contribution in [0.1, 0.15) is 27.9 Å². The van der Waals surface area contributed by atoms with E-state index in [4.69, 9.17) is 0 Å². The monoisotopic (exact) mass is 161 g/mol. The van der Waals surface area contributed by atoms with Gasteiger partial charge in [-0.1, -0.05) is 23.8 Å². The van der Waals surface area contributed by atoms with Crippen LogP contribution in [0, 0.1) is 20.8 Å². The van der Waals surface area contributed by atoms with Gasteiger partial charge in [-0.3, -0.25) is 4.79 Å². The van der Waals surface area contributed by atoms with Crippen LogP contribution in [0.25, 0.3) is 0 Å².